The van der Waals surface area contributed by atoms with Crippen molar-refractivity contribution in [2.75, 3.05) is 64.9 Å². The smallest absolute Gasteiger partial charge is 0.296 e. The molecule has 12 heteroatoms. The first kappa shape index (κ1) is 28.7. The second kappa shape index (κ2) is 10.9. The Morgan fingerprint density at radius 2 is 1.78 bits per heavy atom. The van der Waals surface area contributed by atoms with Crippen molar-refractivity contribution in [2.45, 2.75) is 10.4 Å². The molecule has 2 aromatic rings. The number of likely N-dealkylation sites (tertiary alicyclic amines) is 1. The van der Waals surface area contributed by atoms with Gasteiger partial charge in [-0.2, -0.15) is 0 Å². The van der Waals surface area contributed by atoms with E-state index in [2.05, 4.69) is 11.5 Å². The number of ketones is 1. The van der Waals surface area contributed by atoms with E-state index in [4.69, 9.17) is 4.74 Å². The van der Waals surface area contributed by atoms with Crippen LogP contribution in [0.2, 0.25) is 0 Å². The summed E-state index contributed by atoms with van der Waals surface area (Å²) in [6, 6.07) is 12.3. The number of benzene rings is 2. The van der Waals surface area contributed by atoms with Crippen molar-refractivity contribution in [3.63, 3.8) is 0 Å². The Labute approximate surface area is 238 Å². The lowest BCUT2D eigenvalue weighted by Crippen LogP contribution is -2.54. The van der Waals surface area contributed by atoms with Crippen molar-refractivity contribution in [1.29, 1.82) is 0 Å². The Bertz CT molecular complexity index is 1560. The van der Waals surface area contributed by atoms with Gasteiger partial charge in [-0.15, -0.1) is 6.58 Å². The van der Waals surface area contributed by atoms with Gasteiger partial charge >= 0.3 is 0 Å². The van der Waals surface area contributed by atoms with Gasteiger partial charge in [0.05, 0.1) is 29.4 Å². The first-order chi connectivity index (χ1) is 19.6. The molecule has 216 valence electrons. The minimum absolute atomic E-state index is 0.00840. The van der Waals surface area contributed by atoms with Crippen molar-refractivity contribution in [1.82, 2.24) is 14.1 Å². The van der Waals surface area contributed by atoms with Gasteiger partial charge in [0.25, 0.3) is 17.6 Å². The van der Waals surface area contributed by atoms with E-state index in [1.165, 1.54) is 48.2 Å². The molecule has 1 spiro atoms. The third kappa shape index (κ3) is 4.47. The number of ether oxygens (including phenoxy) is 1. The van der Waals surface area contributed by atoms with Gasteiger partial charge in [0.1, 0.15) is 5.76 Å². The van der Waals surface area contributed by atoms with Crippen LogP contribution in [0.25, 0.3) is 5.76 Å². The molecule has 1 atom stereocenters. The second-order valence-corrected chi connectivity index (χ2v) is 12.4. The zero-order valence-corrected chi connectivity index (χ0v) is 23.8. The molecule has 0 aliphatic carbocycles. The average Bonchev–Trinajstić information content (AvgIpc) is 3.35. The molecule has 3 aliphatic heterocycles. The molecule has 0 unspecified atom stereocenters. The predicted octanol–water partition coefficient (Wildman–Crippen LogP) is 1.38. The van der Waals surface area contributed by atoms with E-state index in [0.717, 1.165) is 4.31 Å². The Morgan fingerprint density at radius 3 is 2.46 bits per heavy atom. The topological polar surface area (TPSA) is 128 Å². The predicted molar refractivity (Wildman–Crippen MR) is 152 cm³/mol. The summed E-state index contributed by atoms with van der Waals surface area (Å²) in [5.41, 5.74) is -1.48. The molecule has 11 nitrogen and oxygen atoms in total. The number of aliphatic hydroxyl groups excluding tert-OH is 1. The number of nitrogens with zero attached hydrogens (tertiary/aromatic N) is 4. The third-order valence-electron chi connectivity index (χ3n) is 7.75. The number of carbonyl (C=O) groups excluding carboxylic acids is 3. The number of carbonyl (C=O) groups is 3. The normalized spacial score (nSPS) is 22.7. The van der Waals surface area contributed by atoms with Crippen LogP contribution in [0.5, 0.6) is 0 Å². The zero-order chi connectivity index (χ0) is 29.5. The van der Waals surface area contributed by atoms with Gasteiger partial charge in [-0.3, -0.25) is 19.3 Å². The van der Waals surface area contributed by atoms with Crippen LogP contribution in [0.3, 0.4) is 0 Å². The van der Waals surface area contributed by atoms with E-state index in [1.54, 1.807) is 30.3 Å². The van der Waals surface area contributed by atoms with Crippen molar-refractivity contribution in [3.05, 3.63) is 77.9 Å². The first-order valence-electron chi connectivity index (χ1n) is 13.2. The summed E-state index contributed by atoms with van der Waals surface area (Å²) in [5.74, 6) is -3.13. The van der Waals surface area contributed by atoms with Crippen molar-refractivity contribution < 1.29 is 32.6 Å². The number of aliphatic hydroxyl groups is 1. The molecule has 0 radical (unpaired) electrons. The van der Waals surface area contributed by atoms with Gasteiger partial charge in [-0.25, -0.2) is 12.7 Å². The number of fused-ring (bicyclic) bond motifs is 2. The quantitative estimate of drug-likeness (QED) is 0.215. The van der Waals surface area contributed by atoms with Gasteiger partial charge in [0.15, 0.2) is 5.54 Å². The molecular formula is C29H32N4O7S. The van der Waals surface area contributed by atoms with Gasteiger partial charge in [-0.05, 0) is 18.2 Å². The average molecular weight is 581 g/mol. The molecule has 2 saturated heterocycles. The Hall–Kier alpha value is -3.84. The Morgan fingerprint density at radius 1 is 1.07 bits per heavy atom. The van der Waals surface area contributed by atoms with E-state index < -0.39 is 44.5 Å². The van der Waals surface area contributed by atoms with Gasteiger partial charge in [0, 0.05) is 57.9 Å². The lowest BCUT2D eigenvalue weighted by molar-refractivity contribution is -0.144. The van der Waals surface area contributed by atoms with E-state index in [1.807, 2.05) is 0 Å². The SMILES string of the molecule is C=CCN1C(=O)[C@]2(C(=C(O)c3cccc(S(=O)(=O)N(C)C)c3)C(=O)C(=O)N2CCN2CCOCC2)c2ccccc21. The maximum absolute atomic E-state index is 14.4. The van der Waals surface area contributed by atoms with E-state index in [9.17, 15) is 27.9 Å². The van der Waals surface area contributed by atoms with Gasteiger partial charge < -0.3 is 19.6 Å². The summed E-state index contributed by atoms with van der Waals surface area (Å²) < 4.78 is 32.1. The molecule has 2 aromatic carbocycles. The number of sulfonamides is 1. The number of anilines is 1. The molecule has 2 fully saturated rings. The van der Waals surface area contributed by atoms with E-state index >= 15 is 0 Å². The molecule has 3 heterocycles. The summed E-state index contributed by atoms with van der Waals surface area (Å²) in [7, 11) is -1.12. The highest BCUT2D eigenvalue weighted by molar-refractivity contribution is 7.89. The summed E-state index contributed by atoms with van der Waals surface area (Å²) in [6.07, 6.45) is 1.54. The Kier molecular flexibility index (Phi) is 7.60. The highest BCUT2D eigenvalue weighted by atomic mass is 32.2. The van der Waals surface area contributed by atoms with Crippen molar-refractivity contribution in [2.24, 2.45) is 0 Å². The number of morpholine rings is 1. The number of hydrogen-bond donors (Lipinski definition) is 1. The lowest BCUT2D eigenvalue weighted by Gasteiger charge is -2.36. The fraction of sp³-hybridized carbons (Fsp3) is 0.345. The molecule has 41 heavy (non-hydrogen) atoms. The maximum Gasteiger partial charge on any atom is 0.296 e. The van der Waals surface area contributed by atoms with Crippen LogP contribution in [-0.2, 0) is 34.7 Å². The number of rotatable bonds is 8. The number of para-hydroxylation sites is 1. The standard InChI is InChI=1S/C29H32N4O7S/c1-4-12-32-23-11-6-5-10-22(23)29(28(32)37)24(25(34)20-8-7-9-21(19-20)41(38,39)30(2)3)26(35)27(36)33(29)14-13-31-15-17-40-18-16-31/h4-11,19,34H,1,12-18H2,2-3H3/t29-/m1/s1. The van der Waals surface area contributed by atoms with E-state index in [0.29, 0.717) is 44.1 Å². The molecule has 0 aromatic heterocycles. The largest absolute Gasteiger partial charge is 0.507 e. The zero-order valence-electron chi connectivity index (χ0n) is 22.9. The minimum atomic E-state index is -3.88. The number of amides is 2. The third-order valence-corrected chi connectivity index (χ3v) is 9.56. The number of Topliss-reactive ketones (excluding diaryl/α,β-unsaturated/α-hetero) is 1. The van der Waals surface area contributed by atoms with Gasteiger partial charge in [0.2, 0.25) is 10.0 Å². The molecule has 1 N–H and O–H groups in total. The first-order valence-corrected chi connectivity index (χ1v) is 14.7. The summed E-state index contributed by atoms with van der Waals surface area (Å²) in [4.78, 5) is 46.6. The Balaban J connectivity index is 1.73. The highest BCUT2D eigenvalue weighted by Crippen LogP contribution is 2.53. The van der Waals surface area contributed by atoms with Crippen LogP contribution in [0.1, 0.15) is 11.1 Å². The summed E-state index contributed by atoms with van der Waals surface area (Å²) >= 11 is 0. The van der Waals surface area contributed by atoms with Gasteiger partial charge in [-0.1, -0.05) is 36.4 Å². The molecular weight excluding hydrogens is 548 g/mol. The molecule has 2 amide bonds. The minimum Gasteiger partial charge on any atom is -0.507 e. The van der Waals surface area contributed by atoms with Crippen molar-refractivity contribution in [3.8, 4) is 0 Å². The monoisotopic (exact) mass is 580 g/mol. The summed E-state index contributed by atoms with van der Waals surface area (Å²) in [5, 5.41) is 11.7. The van der Waals surface area contributed by atoms with Crippen LogP contribution in [0.4, 0.5) is 5.69 Å². The molecule has 3 aliphatic rings. The molecule has 0 bridgehead atoms. The van der Waals surface area contributed by atoms with Crippen LogP contribution >= 0.6 is 0 Å². The second-order valence-electron chi connectivity index (χ2n) is 10.2. The molecule has 0 saturated carbocycles. The highest BCUT2D eigenvalue weighted by Gasteiger charge is 2.67. The lowest BCUT2D eigenvalue weighted by atomic mass is 9.82. The van der Waals surface area contributed by atoms with E-state index in [-0.39, 0.29) is 23.5 Å². The fourth-order valence-electron chi connectivity index (χ4n) is 5.70. The van der Waals surface area contributed by atoms with Crippen LogP contribution in [0, 0.1) is 0 Å². The van der Waals surface area contributed by atoms with Crippen LogP contribution in [-0.4, -0.2) is 105 Å². The fourth-order valence-corrected chi connectivity index (χ4v) is 6.65. The number of hydrogen-bond acceptors (Lipinski definition) is 8. The maximum atomic E-state index is 14.4. The van der Waals surface area contributed by atoms with Crippen molar-refractivity contribution >= 4 is 39.1 Å². The summed E-state index contributed by atoms with van der Waals surface area (Å²) in [6.45, 7) is 6.63. The van der Waals surface area contributed by atoms with Crippen LogP contribution < -0.4 is 4.90 Å². The van der Waals surface area contributed by atoms with Crippen LogP contribution in [0.15, 0.2) is 71.7 Å². The molecule has 5 rings (SSSR count).